The van der Waals surface area contributed by atoms with E-state index in [2.05, 4.69) is 24.1 Å². The fourth-order valence-corrected chi connectivity index (χ4v) is 3.06. The zero-order valence-corrected chi connectivity index (χ0v) is 16.6. The van der Waals surface area contributed by atoms with Gasteiger partial charge in [-0.1, -0.05) is 26.0 Å². The van der Waals surface area contributed by atoms with E-state index in [4.69, 9.17) is 10.5 Å². The number of hydrogen-bond acceptors (Lipinski definition) is 5. The molecule has 1 aromatic carbocycles. The number of primary amides is 1. The Morgan fingerprint density at radius 1 is 1.18 bits per heavy atom. The molecule has 0 spiro atoms. The number of carbonyl (C=O) groups excluding carboxylic acids is 2. The number of ether oxygens (including phenoxy) is 1. The average Bonchev–Trinajstić information content (AvgIpc) is 2.69. The summed E-state index contributed by atoms with van der Waals surface area (Å²) in [4.78, 5) is 29.9. The number of rotatable bonds is 10. The summed E-state index contributed by atoms with van der Waals surface area (Å²) in [6.45, 7) is 4.49. The standard InChI is InChI=1S/C21H28N4O3/c1-15(2)21(16-8-11-23-12-9-16)24-14-20(27)25(13-10-19(22)26)17-6-4-5-7-18(17)28-3/h4-9,11-12,15,21,24H,10,13-14H2,1-3H3,(H2,22,26). The molecule has 0 saturated heterocycles. The maximum atomic E-state index is 13.0. The number of nitrogens with zero attached hydrogens (tertiary/aromatic N) is 2. The highest BCUT2D eigenvalue weighted by Crippen LogP contribution is 2.28. The van der Waals surface area contributed by atoms with E-state index in [0.29, 0.717) is 11.4 Å². The summed E-state index contributed by atoms with van der Waals surface area (Å²) in [5, 5.41) is 3.33. The van der Waals surface area contributed by atoms with Crippen LogP contribution in [0, 0.1) is 5.92 Å². The number of nitrogens with one attached hydrogen (secondary N) is 1. The number of pyridine rings is 1. The molecule has 1 unspecified atom stereocenters. The average molecular weight is 384 g/mol. The molecule has 2 rings (SSSR count). The van der Waals surface area contributed by atoms with Gasteiger partial charge in [-0.25, -0.2) is 0 Å². The van der Waals surface area contributed by atoms with Gasteiger partial charge in [0.1, 0.15) is 5.75 Å². The van der Waals surface area contributed by atoms with Crippen molar-refractivity contribution in [3.05, 3.63) is 54.4 Å². The van der Waals surface area contributed by atoms with Gasteiger partial charge in [0, 0.05) is 31.4 Å². The van der Waals surface area contributed by atoms with Gasteiger partial charge in [0.2, 0.25) is 11.8 Å². The van der Waals surface area contributed by atoms with E-state index < -0.39 is 5.91 Å². The lowest BCUT2D eigenvalue weighted by molar-refractivity contribution is -0.118. The van der Waals surface area contributed by atoms with Crippen molar-refractivity contribution in [2.24, 2.45) is 11.7 Å². The second kappa shape index (κ2) is 10.4. The predicted octanol–water partition coefficient (Wildman–Crippen LogP) is 2.29. The molecule has 150 valence electrons. The number of aromatic nitrogens is 1. The lowest BCUT2D eigenvalue weighted by atomic mass is 9.97. The molecule has 28 heavy (non-hydrogen) atoms. The first kappa shape index (κ1) is 21.4. The molecule has 7 heteroatoms. The summed E-state index contributed by atoms with van der Waals surface area (Å²) in [5.41, 5.74) is 6.98. The van der Waals surface area contributed by atoms with Gasteiger partial charge in [0.25, 0.3) is 0 Å². The summed E-state index contributed by atoms with van der Waals surface area (Å²) >= 11 is 0. The molecule has 1 atom stereocenters. The number of benzene rings is 1. The van der Waals surface area contributed by atoms with Crippen LogP contribution in [-0.4, -0.2) is 37.0 Å². The first-order valence-electron chi connectivity index (χ1n) is 9.29. The molecule has 2 aromatic rings. The zero-order valence-electron chi connectivity index (χ0n) is 16.6. The van der Waals surface area contributed by atoms with Gasteiger partial charge < -0.3 is 20.7 Å². The molecule has 0 fully saturated rings. The Morgan fingerprint density at radius 3 is 2.46 bits per heavy atom. The monoisotopic (exact) mass is 384 g/mol. The smallest absolute Gasteiger partial charge is 0.241 e. The first-order chi connectivity index (χ1) is 13.4. The van der Waals surface area contributed by atoms with Crippen LogP contribution in [0.3, 0.4) is 0 Å². The van der Waals surface area contributed by atoms with Gasteiger partial charge >= 0.3 is 0 Å². The topological polar surface area (TPSA) is 97.5 Å². The molecule has 3 N–H and O–H groups in total. The van der Waals surface area contributed by atoms with Crippen LogP contribution in [0.4, 0.5) is 5.69 Å². The molecular formula is C21H28N4O3. The number of amides is 2. The van der Waals surface area contributed by atoms with Crippen LogP contribution in [-0.2, 0) is 9.59 Å². The van der Waals surface area contributed by atoms with E-state index in [1.165, 1.54) is 0 Å². The van der Waals surface area contributed by atoms with Crippen LogP contribution in [0.1, 0.15) is 31.9 Å². The van der Waals surface area contributed by atoms with Crippen molar-refractivity contribution < 1.29 is 14.3 Å². The molecule has 2 amide bonds. The van der Waals surface area contributed by atoms with Crippen LogP contribution >= 0.6 is 0 Å². The maximum absolute atomic E-state index is 13.0. The third-order valence-corrected chi connectivity index (χ3v) is 4.46. The SMILES string of the molecule is COc1ccccc1N(CCC(N)=O)C(=O)CNC(c1ccncc1)C(C)C. The third kappa shape index (κ3) is 5.79. The first-order valence-corrected chi connectivity index (χ1v) is 9.29. The summed E-state index contributed by atoms with van der Waals surface area (Å²) in [6.07, 6.45) is 3.55. The molecule has 0 radical (unpaired) electrons. The molecule has 0 bridgehead atoms. The van der Waals surface area contributed by atoms with Crippen molar-refractivity contribution in [3.8, 4) is 5.75 Å². The third-order valence-electron chi connectivity index (χ3n) is 4.46. The van der Waals surface area contributed by atoms with E-state index >= 15 is 0 Å². The molecule has 7 nitrogen and oxygen atoms in total. The zero-order chi connectivity index (χ0) is 20.5. The molecule has 0 saturated carbocycles. The number of anilines is 1. The number of carbonyl (C=O) groups is 2. The van der Waals surface area contributed by atoms with Gasteiger partial charge in [-0.15, -0.1) is 0 Å². The minimum Gasteiger partial charge on any atom is -0.495 e. The Kier molecular flexibility index (Phi) is 7.95. The van der Waals surface area contributed by atoms with Gasteiger partial charge in [0.15, 0.2) is 0 Å². The minimum absolute atomic E-state index is 0.00242. The van der Waals surface area contributed by atoms with Crippen molar-refractivity contribution in [2.75, 3.05) is 25.1 Å². The lowest BCUT2D eigenvalue weighted by Gasteiger charge is -2.27. The molecule has 0 aliphatic rings. The Hall–Kier alpha value is -2.93. The summed E-state index contributed by atoms with van der Waals surface area (Å²) in [5.74, 6) is 0.221. The van der Waals surface area contributed by atoms with Crippen molar-refractivity contribution in [2.45, 2.75) is 26.3 Å². The van der Waals surface area contributed by atoms with Gasteiger partial charge in [-0.3, -0.25) is 14.6 Å². The highest BCUT2D eigenvalue weighted by Gasteiger charge is 2.22. The molecular weight excluding hydrogens is 356 g/mol. The van der Waals surface area contributed by atoms with Gasteiger partial charge in [0.05, 0.1) is 19.3 Å². The fraction of sp³-hybridized carbons (Fsp3) is 0.381. The Balaban J connectivity index is 2.18. The van der Waals surface area contributed by atoms with Gasteiger partial charge in [-0.2, -0.15) is 0 Å². The Morgan fingerprint density at radius 2 is 1.86 bits per heavy atom. The summed E-state index contributed by atoms with van der Waals surface area (Å²) in [7, 11) is 1.55. The highest BCUT2D eigenvalue weighted by molar-refractivity contribution is 5.96. The number of methoxy groups -OCH3 is 1. The Bertz CT molecular complexity index is 780. The number of hydrogen-bond donors (Lipinski definition) is 2. The Labute approximate surface area is 165 Å². The fourth-order valence-electron chi connectivity index (χ4n) is 3.06. The van der Waals surface area contributed by atoms with E-state index in [1.54, 1.807) is 36.5 Å². The molecule has 1 heterocycles. The molecule has 0 aliphatic heterocycles. The van der Waals surface area contributed by atoms with E-state index in [1.807, 2.05) is 24.3 Å². The van der Waals surface area contributed by atoms with E-state index in [0.717, 1.165) is 5.56 Å². The lowest BCUT2D eigenvalue weighted by Crippen LogP contribution is -2.42. The number of nitrogens with two attached hydrogens (primary N) is 1. The second-order valence-electron chi connectivity index (χ2n) is 6.82. The van der Waals surface area contributed by atoms with Crippen LogP contribution in [0.15, 0.2) is 48.8 Å². The molecule has 0 aliphatic carbocycles. The highest BCUT2D eigenvalue weighted by atomic mass is 16.5. The van der Waals surface area contributed by atoms with Crippen LogP contribution in [0.25, 0.3) is 0 Å². The quantitative estimate of drug-likeness (QED) is 0.655. The van der Waals surface area contributed by atoms with Gasteiger partial charge in [-0.05, 0) is 35.7 Å². The van der Waals surface area contributed by atoms with Crippen molar-refractivity contribution in [1.29, 1.82) is 0 Å². The normalized spacial score (nSPS) is 11.9. The summed E-state index contributed by atoms with van der Waals surface area (Å²) < 4.78 is 5.38. The van der Waals surface area contributed by atoms with Crippen LogP contribution < -0.4 is 20.7 Å². The van der Waals surface area contributed by atoms with E-state index in [-0.39, 0.29) is 37.4 Å². The largest absolute Gasteiger partial charge is 0.495 e. The van der Waals surface area contributed by atoms with Crippen LogP contribution in [0.5, 0.6) is 5.75 Å². The number of para-hydroxylation sites is 2. The van der Waals surface area contributed by atoms with Crippen molar-refractivity contribution in [1.82, 2.24) is 10.3 Å². The minimum atomic E-state index is -0.461. The molecule has 1 aromatic heterocycles. The second-order valence-corrected chi connectivity index (χ2v) is 6.82. The maximum Gasteiger partial charge on any atom is 0.241 e. The van der Waals surface area contributed by atoms with E-state index in [9.17, 15) is 9.59 Å². The predicted molar refractivity (Wildman–Crippen MR) is 109 cm³/mol. The van der Waals surface area contributed by atoms with Crippen molar-refractivity contribution in [3.63, 3.8) is 0 Å². The van der Waals surface area contributed by atoms with Crippen LogP contribution in [0.2, 0.25) is 0 Å². The summed E-state index contributed by atoms with van der Waals surface area (Å²) in [6, 6.07) is 11.1. The van der Waals surface area contributed by atoms with Crippen molar-refractivity contribution >= 4 is 17.5 Å².